The zero-order chi connectivity index (χ0) is 24.8. The van der Waals surface area contributed by atoms with Crippen LogP contribution in [0.25, 0.3) is 17.0 Å². The first kappa shape index (κ1) is 26.8. The predicted molar refractivity (Wildman–Crippen MR) is 128 cm³/mol. The van der Waals surface area contributed by atoms with Crippen LogP contribution in [0, 0.1) is 0 Å². The van der Waals surface area contributed by atoms with Crippen molar-refractivity contribution >= 4 is 34.8 Å². The maximum absolute atomic E-state index is 12.1. The largest absolute Gasteiger partial charge is 2.00 e. The normalized spacial score (nSPS) is 14.1. The van der Waals surface area contributed by atoms with E-state index in [1.807, 2.05) is 30.3 Å². The van der Waals surface area contributed by atoms with Crippen molar-refractivity contribution in [3.8, 4) is 0 Å². The summed E-state index contributed by atoms with van der Waals surface area (Å²) in [5, 5.41) is 12.4. The summed E-state index contributed by atoms with van der Waals surface area (Å²) in [6, 6.07) is 19.1. The Morgan fingerprint density at radius 1 is 0.771 bits per heavy atom. The van der Waals surface area contributed by atoms with Crippen LogP contribution < -0.4 is 38.5 Å². The van der Waals surface area contributed by atoms with Gasteiger partial charge in [0.2, 0.25) is 17.7 Å². The fourth-order valence-corrected chi connectivity index (χ4v) is 3.71. The Morgan fingerprint density at radius 3 is 1.89 bits per heavy atom. The van der Waals surface area contributed by atoms with Crippen LogP contribution in [-0.4, -0.2) is 17.7 Å². The number of nitrogens with two attached hydrogens (primary N) is 4. The van der Waals surface area contributed by atoms with E-state index in [2.05, 4.69) is 0 Å². The summed E-state index contributed by atoms with van der Waals surface area (Å²) in [5.74, 6) is -3.27. The van der Waals surface area contributed by atoms with E-state index in [-0.39, 0.29) is 39.0 Å². The molecule has 0 bridgehead atoms. The van der Waals surface area contributed by atoms with Gasteiger partial charge in [0.05, 0.1) is 11.1 Å². The van der Waals surface area contributed by atoms with Crippen LogP contribution in [0.4, 0.5) is 0 Å². The quantitative estimate of drug-likeness (QED) is 0.275. The topological polar surface area (TPSA) is 178 Å². The maximum atomic E-state index is 12.1. The first-order valence-corrected chi connectivity index (χ1v) is 10.1. The van der Waals surface area contributed by atoms with Crippen LogP contribution >= 0.6 is 0 Å². The molecule has 8 N–H and O–H groups in total. The van der Waals surface area contributed by atoms with Crippen molar-refractivity contribution in [3.63, 3.8) is 0 Å². The number of carbonyl (C=O) groups is 3. The number of amides is 3. The summed E-state index contributed by atoms with van der Waals surface area (Å²) in [6.45, 7) is 0. The van der Waals surface area contributed by atoms with E-state index in [0.717, 1.165) is 0 Å². The van der Waals surface area contributed by atoms with Crippen LogP contribution in [-0.2, 0) is 17.1 Å². The molecular weight excluding hydrogens is 488 g/mol. The third-order valence-corrected chi connectivity index (χ3v) is 5.10. The van der Waals surface area contributed by atoms with Gasteiger partial charge in [0.15, 0.2) is 0 Å². The van der Waals surface area contributed by atoms with Crippen molar-refractivity contribution in [1.29, 1.82) is 0 Å². The molecule has 0 aromatic heterocycles. The molecule has 0 unspecified atom stereocenters. The second-order valence-electron chi connectivity index (χ2n) is 7.23. The average Bonchev–Trinajstić information content (AvgIpc) is 3.52. The molecule has 0 spiro atoms. The Morgan fingerprint density at radius 2 is 1.37 bits per heavy atom. The maximum Gasteiger partial charge on any atom is 2.00 e. The van der Waals surface area contributed by atoms with Crippen molar-refractivity contribution in [2.75, 3.05) is 0 Å². The molecule has 4 rings (SSSR count). The third kappa shape index (κ3) is 5.73. The average molecular weight is 510 g/mol. The summed E-state index contributed by atoms with van der Waals surface area (Å²) >= 11 is 0. The standard InChI is InChI=1S/C21H18N4O4.C5H5.Fe/c22-18(26)14-8-2-6-12(16(14)20(24)28)10-4-1-5-11(10)13-7-3-9-15(19(23)27)17(13)21(25)29;1-2-4-5-3-1;/h1-9,28H,24H2,(H2,22,26)(H2,23,27)(H2,25,29);1-5H;/q;-1;+2/p-1. The second kappa shape index (κ2) is 11.6. The van der Waals surface area contributed by atoms with Crippen LogP contribution in [0.2, 0.25) is 0 Å². The zero-order valence-corrected chi connectivity index (χ0v) is 19.5. The van der Waals surface area contributed by atoms with Crippen LogP contribution in [0.15, 0.2) is 85.0 Å². The molecule has 1 aliphatic carbocycles. The molecule has 9 heteroatoms. The molecule has 3 aromatic carbocycles. The number of rotatable bonds is 4. The fourth-order valence-electron chi connectivity index (χ4n) is 3.71. The fraction of sp³-hybridized carbons (Fsp3) is 0. The van der Waals surface area contributed by atoms with Gasteiger partial charge in [-0.3, -0.25) is 14.4 Å². The van der Waals surface area contributed by atoms with E-state index < -0.39 is 23.6 Å². The van der Waals surface area contributed by atoms with Gasteiger partial charge in [-0.15, -0.1) is 0 Å². The molecule has 8 nitrogen and oxygen atoms in total. The number of hydrogen-bond acceptors (Lipinski definition) is 5. The molecule has 0 radical (unpaired) electrons. The molecule has 178 valence electrons. The van der Waals surface area contributed by atoms with Gasteiger partial charge < -0.3 is 28.0 Å². The minimum Gasteiger partial charge on any atom is -0.860 e. The molecule has 1 aliphatic rings. The first-order valence-electron chi connectivity index (χ1n) is 10.1. The van der Waals surface area contributed by atoms with Crippen molar-refractivity contribution in [3.05, 3.63) is 118 Å². The molecule has 0 atom stereocenters. The molecular formula is C26H22FeN4O4. The number of benzene rings is 2. The van der Waals surface area contributed by atoms with Gasteiger partial charge in [-0.25, -0.2) is 12.1 Å². The monoisotopic (exact) mass is 510 g/mol. The minimum absolute atomic E-state index is 0. The van der Waals surface area contributed by atoms with Gasteiger partial charge in [0.1, 0.15) is 0 Å². The smallest absolute Gasteiger partial charge is 0.860 e. The summed E-state index contributed by atoms with van der Waals surface area (Å²) in [7, 11) is 0. The summed E-state index contributed by atoms with van der Waals surface area (Å²) in [4.78, 5) is 35.6. The Kier molecular flexibility index (Phi) is 8.88. The van der Waals surface area contributed by atoms with Crippen molar-refractivity contribution in [2.45, 2.75) is 0 Å². The van der Waals surface area contributed by atoms with Gasteiger partial charge >= 0.3 is 17.1 Å². The molecule has 0 aliphatic heterocycles. The summed E-state index contributed by atoms with van der Waals surface area (Å²) in [6.07, 6.45) is 5.06. The minimum atomic E-state index is -0.831. The molecule has 3 amide bonds. The van der Waals surface area contributed by atoms with Crippen molar-refractivity contribution in [1.82, 2.24) is 0 Å². The SMILES string of the molecule is NC(=O)c1cccc(C2=CC=CC2=c2cccc(C(N)=O)c2=C(N)[O-])c1C(N)=O.[Fe+2].c1cc[cH-]c1. The second-order valence-corrected chi connectivity index (χ2v) is 7.23. The van der Waals surface area contributed by atoms with Gasteiger partial charge in [-0.2, -0.15) is 18.2 Å². The van der Waals surface area contributed by atoms with E-state index in [9.17, 15) is 19.5 Å². The third-order valence-electron chi connectivity index (χ3n) is 5.10. The number of carbonyl (C=O) groups excluding carboxylic acids is 3. The first-order chi connectivity index (χ1) is 16.2. The number of primary amides is 3. The Balaban J connectivity index is 0.000000640. The molecule has 35 heavy (non-hydrogen) atoms. The Hall–Kier alpha value is -4.46. The van der Waals surface area contributed by atoms with Crippen LogP contribution in [0.5, 0.6) is 0 Å². The van der Waals surface area contributed by atoms with E-state index in [4.69, 9.17) is 22.9 Å². The number of allylic oxidation sites excluding steroid dienone is 4. The van der Waals surface area contributed by atoms with E-state index in [0.29, 0.717) is 21.9 Å². The molecule has 0 heterocycles. The Labute approximate surface area is 211 Å². The summed E-state index contributed by atoms with van der Waals surface area (Å²) in [5.41, 5.74) is 23.1. The van der Waals surface area contributed by atoms with Crippen LogP contribution in [0.3, 0.4) is 0 Å². The van der Waals surface area contributed by atoms with Crippen molar-refractivity contribution < 1.29 is 36.6 Å². The van der Waals surface area contributed by atoms with Gasteiger partial charge in [0.25, 0.3) is 0 Å². The van der Waals surface area contributed by atoms with Crippen molar-refractivity contribution in [2.24, 2.45) is 22.9 Å². The van der Waals surface area contributed by atoms with E-state index >= 15 is 0 Å². The van der Waals surface area contributed by atoms with Gasteiger partial charge in [-0.1, -0.05) is 42.5 Å². The van der Waals surface area contributed by atoms with Gasteiger partial charge in [0, 0.05) is 10.8 Å². The van der Waals surface area contributed by atoms with E-state index in [1.54, 1.807) is 42.5 Å². The van der Waals surface area contributed by atoms with E-state index in [1.165, 1.54) is 12.1 Å². The zero-order valence-electron chi connectivity index (χ0n) is 18.4. The molecule has 0 fully saturated rings. The molecule has 0 saturated heterocycles. The Bertz CT molecular complexity index is 1430. The predicted octanol–water partition coefficient (Wildman–Crippen LogP) is -0.425. The molecule has 3 aromatic rings. The number of hydrogen-bond donors (Lipinski definition) is 4. The van der Waals surface area contributed by atoms with Crippen LogP contribution in [0.1, 0.15) is 36.6 Å². The summed E-state index contributed by atoms with van der Waals surface area (Å²) < 4.78 is 0. The molecule has 0 saturated carbocycles. The van der Waals surface area contributed by atoms with Gasteiger partial charge in [-0.05, 0) is 39.9 Å².